The van der Waals surface area contributed by atoms with E-state index in [1.807, 2.05) is 18.2 Å². The van der Waals surface area contributed by atoms with E-state index in [0.29, 0.717) is 11.5 Å². The van der Waals surface area contributed by atoms with Crippen molar-refractivity contribution in [2.75, 3.05) is 0 Å². The normalized spacial score (nSPS) is 13.4. The third-order valence-electron chi connectivity index (χ3n) is 10.6. The Bertz CT molecular complexity index is 2660. The number of aromatic nitrogens is 1. The largest absolute Gasteiger partial charge is 0.449 e. The van der Waals surface area contributed by atoms with E-state index in [0.717, 1.165) is 56.1 Å². The molecule has 0 unspecified atom stereocenters. The summed E-state index contributed by atoms with van der Waals surface area (Å²) in [5, 5.41) is 2.35. The van der Waals surface area contributed by atoms with Crippen LogP contribution >= 0.6 is 0 Å². The highest BCUT2D eigenvalue weighted by molar-refractivity contribution is 6.05. The monoisotopic (exact) mass is 655 g/mol. The highest BCUT2D eigenvalue weighted by atomic mass is 16.6. The maximum Gasteiger partial charge on any atom is 0.178 e. The maximum atomic E-state index is 7.04. The summed E-state index contributed by atoms with van der Waals surface area (Å²) in [5.41, 5.74) is 13.0. The van der Waals surface area contributed by atoms with Gasteiger partial charge >= 0.3 is 0 Å². The van der Waals surface area contributed by atoms with Gasteiger partial charge in [-0.25, -0.2) is 4.98 Å². The highest BCUT2D eigenvalue weighted by Gasteiger charge is 2.39. The van der Waals surface area contributed by atoms with Crippen LogP contribution in [0.1, 0.15) is 25.0 Å². The molecule has 3 nitrogen and oxygen atoms in total. The SMILES string of the molecule is CC1(C)c2ccccc2-c2c1ccc1c2Oc2c(cccc2-c2cc(-c3ccccc3)nc(-c3ccc(-c4ccccc4)c4ccccc34)c2)O1. The summed E-state index contributed by atoms with van der Waals surface area (Å²) in [4.78, 5) is 5.32. The molecule has 242 valence electrons. The Balaban J connectivity index is 1.16. The number of pyridine rings is 1. The van der Waals surface area contributed by atoms with Gasteiger partial charge in [0.05, 0.1) is 11.4 Å². The minimum atomic E-state index is -0.145. The summed E-state index contributed by atoms with van der Waals surface area (Å²) in [5.74, 6) is 2.91. The summed E-state index contributed by atoms with van der Waals surface area (Å²) < 4.78 is 13.7. The molecule has 0 amide bonds. The van der Waals surface area contributed by atoms with Crippen LogP contribution in [0.5, 0.6) is 23.0 Å². The first-order valence-corrected chi connectivity index (χ1v) is 17.5. The minimum absolute atomic E-state index is 0.145. The minimum Gasteiger partial charge on any atom is -0.449 e. The Kier molecular flexibility index (Phi) is 6.53. The molecule has 0 N–H and O–H groups in total. The topological polar surface area (TPSA) is 31.4 Å². The number of nitrogens with zero attached hydrogens (tertiary/aromatic N) is 1. The molecule has 0 atom stereocenters. The summed E-state index contributed by atoms with van der Waals surface area (Å²) in [7, 11) is 0. The molecular weight excluding hydrogens is 623 g/mol. The molecule has 2 heterocycles. The van der Waals surface area contributed by atoms with Crippen molar-refractivity contribution in [2.45, 2.75) is 19.3 Å². The van der Waals surface area contributed by atoms with Crippen LogP contribution in [-0.4, -0.2) is 4.98 Å². The van der Waals surface area contributed by atoms with Crippen LogP contribution in [0.3, 0.4) is 0 Å². The van der Waals surface area contributed by atoms with E-state index in [4.69, 9.17) is 14.5 Å². The Morgan fingerprint density at radius 2 is 1.04 bits per heavy atom. The molecule has 10 rings (SSSR count). The van der Waals surface area contributed by atoms with Crippen LogP contribution in [-0.2, 0) is 5.41 Å². The first kappa shape index (κ1) is 29.5. The van der Waals surface area contributed by atoms with Gasteiger partial charge in [-0.1, -0.05) is 153 Å². The predicted octanol–water partition coefficient (Wildman–Crippen LogP) is 13.1. The second-order valence-electron chi connectivity index (χ2n) is 13.9. The van der Waals surface area contributed by atoms with Gasteiger partial charge in [-0.3, -0.25) is 0 Å². The number of ether oxygens (including phenoxy) is 2. The van der Waals surface area contributed by atoms with Crippen molar-refractivity contribution in [3.63, 3.8) is 0 Å². The highest BCUT2D eigenvalue weighted by Crippen LogP contribution is 2.59. The third kappa shape index (κ3) is 4.62. The van der Waals surface area contributed by atoms with E-state index >= 15 is 0 Å². The van der Waals surface area contributed by atoms with Gasteiger partial charge in [0.1, 0.15) is 0 Å². The molecule has 2 aliphatic rings. The lowest BCUT2D eigenvalue weighted by Gasteiger charge is -2.26. The van der Waals surface area contributed by atoms with E-state index < -0.39 is 0 Å². The molecular formula is C48H33NO2. The lowest BCUT2D eigenvalue weighted by Crippen LogP contribution is -2.15. The van der Waals surface area contributed by atoms with E-state index in [-0.39, 0.29) is 5.41 Å². The van der Waals surface area contributed by atoms with Crippen LogP contribution in [0.4, 0.5) is 0 Å². The molecule has 0 spiro atoms. The van der Waals surface area contributed by atoms with Gasteiger partial charge in [0.15, 0.2) is 23.0 Å². The lowest BCUT2D eigenvalue weighted by atomic mass is 9.82. The first-order valence-electron chi connectivity index (χ1n) is 17.5. The van der Waals surface area contributed by atoms with Crippen LogP contribution in [0.2, 0.25) is 0 Å². The fourth-order valence-corrected chi connectivity index (χ4v) is 8.05. The Morgan fingerprint density at radius 3 is 1.84 bits per heavy atom. The summed E-state index contributed by atoms with van der Waals surface area (Å²) in [6.07, 6.45) is 0. The van der Waals surface area contributed by atoms with Crippen molar-refractivity contribution >= 4 is 10.8 Å². The van der Waals surface area contributed by atoms with Crippen molar-refractivity contribution in [2.24, 2.45) is 0 Å². The molecule has 0 bridgehead atoms. The number of hydrogen-bond acceptors (Lipinski definition) is 3. The van der Waals surface area contributed by atoms with Gasteiger partial charge < -0.3 is 9.47 Å². The Labute approximate surface area is 297 Å². The predicted molar refractivity (Wildman–Crippen MR) is 208 cm³/mol. The molecule has 7 aromatic carbocycles. The van der Waals surface area contributed by atoms with Gasteiger partial charge in [0.2, 0.25) is 0 Å². The Hall–Kier alpha value is -6.45. The van der Waals surface area contributed by atoms with Gasteiger partial charge in [0.25, 0.3) is 0 Å². The van der Waals surface area contributed by atoms with E-state index in [1.54, 1.807) is 0 Å². The van der Waals surface area contributed by atoms with Crippen LogP contribution in [0.15, 0.2) is 164 Å². The second kappa shape index (κ2) is 11.3. The molecule has 0 fully saturated rings. The standard InChI is InChI=1S/C48H33NO2/c1-48(2)39-22-12-11-20-38(39)45-40(48)26-27-44-47(45)51-46-34(21-13-23-43(46)50-44)32-28-41(31-16-7-4-8-17-31)49-42(29-32)37-25-24-33(30-14-5-3-6-15-30)35-18-9-10-19-36(35)37/h3-29H,1-2H3. The molecule has 1 aliphatic heterocycles. The lowest BCUT2D eigenvalue weighted by molar-refractivity contribution is 0.361. The zero-order chi connectivity index (χ0) is 34.1. The van der Waals surface area contributed by atoms with Crippen LogP contribution in [0.25, 0.3) is 66.7 Å². The average Bonchev–Trinajstić information content (AvgIpc) is 3.43. The molecule has 8 aromatic rings. The number of rotatable bonds is 4. The van der Waals surface area contributed by atoms with Gasteiger partial charge in [-0.15, -0.1) is 0 Å². The smallest absolute Gasteiger partial charge is 0.178 e. The molecule has 1 aliphatic carbocycles. The van der Waals surface area contributed by atoms with Crippen molar-refractivity contribution in [1.82, 2.24) is 4.98 Å². The zero-order valence-electron chi connectivity index (χ0n) is 28.4. The quantitative estimate of drug-likeness (QED) is 0.189. The summed E-state index contributed by atoms with van der Waals surface area (Å²) in [6, 6.07) is 57.4. The van der Waals surface area contributed by atoms with Crippen molar-refractivity contribution in [1.29, 1.82) is 0 Å². The molecule has 3 heteroatoms. The van der Waals surface area contributed by atoms with Crippen LogP contribution < -0.4 is 9.47 Å². The van der Waals surface area contributed by atoms with E-state index in [1.165, 1.54) is 33.2 Å². The van der Waals surface area contributed by atoms with E-state index in [9.17, 15) is 0 Å². The van der Waals surface area contributed by atoms with Gasteiger partial charge in [0, 0.05) is 27.7 Å². The Morgan fingerprint density at radius 1 is 0.412 bits per heavy atom. The first-order chi connectivity index (χ1) is 25.0. The molecule has 0 radical (unpaired) electrons. The molecule has 0 saturated heterocycles. The fourth-order valence-electron chi connectivity index (χ4n) is 8.05. The maximum absolute atomic E-state index is 7.04. The van der Waals surface area contributed by atoms with Crippen molar-refractivity contribution < 1.29 is 9.47 Å². The number of benzene rings is 7. The average molecular weight is 656 g/mol. The number of para-hydroxylation sites is 1. The van der Waals surface area contributed by atoms with Crippen molar-refractivity contribution in [3.8, 4) is 78.9 Å². The number of hydrogen-bond donors (Lipinski definition) is 0. The van der Waals surface area contributed by atoms with Crippen LogP contribution in [0, 0.1) is 0 Å². The fraction of sp³-hybridized carbons (Fsp3) is 0.0625. The zero-order valence-corrected chi connectivity index (χ0v) is 28.4. The van der Waals surface area contributed by atoms with Gasteiger partial charge in [-0.2, -0.15) is 0 Å². The third-order valence-corrected chi connectivity index (χ3v) is 10.6. The molecule has 51 heavy (non-hydrogen) atoms. The van der Waals surface area contributed by atoms with E-state index in [2.05, 4.69) is 159 Å². The number of fused-ring (bicyclic) bond motifs is 7. The summed E-state index contributed by atoms with van der Waals surface area (Å²) in [6.45, 7) is 4.57. The second-order valence-corrected chi connectivity index (χ2v) is 13.9. The van der Waals surface area contributed by atoms with Crippen molar-refractivity contribution in [3.05, 3.63) is 175 Å². The molecule has 0 saturated carbocycles. The molecule has 1 aromatic heterocycles. The van der Waals surface area contributed by atoms with Gasteiger partial charge in [-0.05, 0) is 68.4 Å². The summed E-state index contributed by atoms with van der Waals surface area (Å²) >= 11 is 0.